The summed E-state index contributed by atoms with van der Waals surface area (Å²) in [4.78, 5) is 2.52. The maximum absolute atomic E-state index is 5.64. The number of nitrogens with two attached hydrogens (primary N) is 1. The van der Waals surface area contributed by atoms with E-state index in [2.05, 4.69) is 25.7 Å². The van der Waals surface area contributed by atoms with Crippen LogP contribution in [0.3, 0.4) is 0 Å². The van der Waals surface area contributed by atoms with Crippen LogP contribution in [-0.4, -0.2) is 30.6 Å². The smallest absolute Gasteiger partial charge is 0.0230 e. The normalized spacial score (nSPS) is 25.5. The van der Waals surface area contributed by atoms with E-state index in [4.69, 9.17) is 5.73 Å². The fourth-order valence-electron chi connectivity index (χ4n) is 1.63. The third kappa shape index (κ3) is 2.20. The lowest BCUT2D eigenvalue weighted by Gasteiger charge is -2.44. The predicted octanol–water partition coefficient (Wildman–Crippen LogP) is 1.46. The van der Waals surface area contributed by atoms with E-state index in [9.17, 15) is 0 Å². The average molecular weight is 170 g/mol. The highest BCUT2D eigenvalue weighted by atomic mass is 15.2. The van der Waals surface area contributed by atoms with Crippen molar-refractivity contribution in [2.24, 2.45) is 11.1 Å². The Bertz CT molecular complexity index is 141. The van der Waals surface area contributed by atoms with Crippen molar-refractivity contribution in [2.75, 3.05) is 19.6 Å². The minimum absolute atomic E-state index is 0.466. The molecule has 0 aromatic rings. The minimum Gasteiger partial charge on any atom is -0.329 e. The number of rotatable bonds is 4. The lowest BCUT2D eigenvalue weighted by molar-refractivity contribution is 0.0516. The fraction of sp³-hybridized carbons (Fsp3) is 1.00. The fourth-order valence-corrected chi connectivity index (χ4v) is 1.63. The van der Waals surface area contributed by atoms with Gasteiger partial charge in [-0.15, -0.1) is 0 Å². The van der Waals surface area contributed by atoms with Crippen molar-refractivity contribution in [3.8, 4) is 0 Å². The van der Waals surface area contributed by atoms with Crippen molar-refractivity contribution in [1.29, 1.82) is 0 Å². The zero-order valence-corrected chi connectivity index (χ0v) is 8.64. The molecule has 0 amide bonds. The highest BCUT2D eigenvalue weighted by Gasteiger charge is 2.30. The summed E-state index contributed by atoms with van der Waals surface area (Å²) in [6.45, 7) is 10.2. The summed E-state index contributed by atoms with van der Waals surface area (Å²) in [5.41, 5.74) is 6.11. The van der Waals surface area contributed by atoms with Gasteiger partial charge < -0.3 is 5.73 Å². The van der Waals surface area contributed by atoms with Crippen LogP contribution in [0.2, 0.25) is 0 Å². The molecule has 1 unspecified atom stereocenters. The molecule has 0 radical (unpaired) electrons. The van der Waals surface area contributed by atoms with Crippen LogP contribution in [0.5, 0.6) is 0 Å². The van der Waals surface area contributed by atoms with Gasteiger partial charge in [-0.05, 0) is 18.3 Å². The maximum Gasteiger partial charge on any atom is 0.0230 e. The molecule has 72 valence electrons. The van der Waals surface area contributed by atoms with Crippen LogP contribution in [-0.2, 0) is 0 Å². The van der Waals surface area contributed by atoms with Gasteiger partial charge in [0.05, 0.1) is 0 Å². The van der Waals surface area contributed by atoms with Crippen molar-refractivity contribution in [3.63, 3.8) is 0 Å². The standard InChI is InChI=1S/C10H22N2/c1-4-10(2,3)8-12-6-5-9(12)7-11/h9H,4-8,11H2,1-3H3. The van der Waals surface area contributed by atoms with Gasteiger partial charge in [0.25, 0.3) is 0 Å². The molecule has 2 N–H and O–H groups in total. The molecule has 1 fully saturated rings. The van der Waals surface area contributed by atoms with E-state index in [-0.39, 0.29) is 0 Å². The molecule has 2 nitrogen and oxygen atoms in total. The van der Waals surface area contributed by atoms with Crippen LogP contribution in [0.15, 0.2) is 0 Å². The molecule has 0 aliphatic carbocycles. The number of hydrogen-bond acceptors (Lipinski definition) is 2. The zero-order chi connectivity index (χ0) is 9.19. The molecule has 12 heavy (non-hydrogen) atoms. The molecule has 0 spiro atoms. The molecule has 1 saturated heterocycles. The van der Waals surface area contributed by atoms with E-state index in [0.29, 0.717) is 11.5 Å². The second-order valence-electron chi connectivity index (χ2n) is 4.67. The average Bonchev–Trinajstić information content (AvgIpc) is 2.00. The van der Waals surface area contributed by atoms with E-state index in [1.54, 1.807) is 0 Å². The van der Waals surface area contributed by atoms with E-state index in [1.165, 1.54) is 25.9 Å². The van der Waals surface area contributed by atoms with Gasteiger partial charge in [0.1, 0.15) is 0 Å². The van der Waals surface area contributed by atoms with Gasteiger partial charge in [-0.3, -0.25) is 4.90 Å². The Hall–Kier alpha value is -0.0800. The van der Waals surface area contributed by atoms with Crippen molar-refractivity contribution in [1.82, 2.24) is 4.90 Å². The van der Waals surface area contributed by atoms with E-state index >= 15 is 0 Å². The van der Waals surface area contributed by atoms with Crippen molar-refractivity contribution in [3.05, 3.63) is 0 Å². The van der Waals surface area contributed by atoms with Gasteiger partial charge in [-0.2, -0.15) is 0 Å². The Morgan fingerprint density at radius 2 is 2.17 bits per heavy atom. The van der Waals surface area contributed by atoms with E-state index < -0.39 is 0 Å². The monoisotopic (exact) mass is 170 g/mol. The van der Waals surface area contributed by atoms with Crippen LogP contribution in [0.1, 0.15) is 33.6 Å². The lowest BCUT2D eigenvalue weighted by atomic mass is 9.87. The number of hydrogen-bond donors (Lipinski definition) is 1. The van der Waals surface area contributed by atoms with Crippen molar-refractivity contribution >= 4 is 0 Å². The second-order valence-corrected chi connectivity index (χ2v) is 4.67. The summed E-state index contributed by atoms with van der Waals surface area (Å²) >= 11 is 0. The summed E-state index contributed by atoms with van der Waals surface area (Å²) in [5, 5.41) is 0. The van der Waals surface area contributed by atoms with Gasteiger partial charge in [-0.25, -0.2) is 0 Å². The van der Waals surface area contributed by atoms with Gasteiger partial charge >= 0.3 is 0 Å². The lowest BCUT2D eigenvalue weighted by Crippen LogP contribution is -2.54. The first-order valence-electron chi connectivity index (χ1n) is 5.03. The summed E-state index contributed by atoms with van der Waals surface area (Å²) < 4.78 is 0. The first-order valence-corrected chi connectivity index (χ1v) is 5.03. The number of nitrogens with zero attached hydrogens (tertiary/aromatic N) is 1. The number of likely N-dealkylation sites (tertiary alicyclic amines) is 1. The molecule has 1 aliphatic heterocycles. The molecular weight excluding hydrogens is 148 g/mol. The Balaban J connectivity index is 2.31. The molecular formula is C10H22N2. The molecule has 0 aromatic heterocycles. The van der Waals surface area contributed by atoms with Crippen LogP contribution in [0.4, 0.5) is 0 Å². The second kappa shape index (κ2) is 3.75. The highest BCUT2D eigenvalue weighted by molar-refractivity contribution is 4.86. The Kier molecular flexibility index (Phi) is 3.13. The topological polar surface area (TPSA) is 29.3 Å². The van der Waals surface area contributed by atoms with Gasteiger partial charge in [0, 0.05) is 25.7 Å². The summed E-state index contributed by atoms with van der Waals surface area (Å²) in [6, 6.07) is 0.677. The SMILES string of the molecule is CCC(C)(C)CN1CCC1CN. The molecule has 1 heterocycles. The minimum atomic E-state index is 0.466. The molecule has 2 heteroatoms. The van der Waals surface area contributed by atoms with Crippen LogP contribution >= 0.6 is 0 Å². The zero-order valence-electron chi connectivity index (χ0n) is 8.64. The van der Waals surface area contributed by atoms with Crippen molar-refractivity contribution in [2.45, 2.75) is 39.7 Å². The Morgan fingerprint density at radius 1 is 1.50 bits per heavy atom. The Labute approximate surface area is 76.1 Å². The summed E-state index contributed by atoms with van der Waals surface area (Å²) in [5.74, 6) is 0. The van der Waals surface area contributed by atoms with Crippen LogP contribution < -0.4 is 5.73 Å². The van der Waals surface area contributed by atoms with Gasteiger partial charge in [0.15, 0.2) is 0 Å². The third-order valence-electron chi connectivity index (χ3n) is 3.13. The molecule has 1 aliphatic rings. The van der Waals surface area contributed by atoms with E-state index in [1.807, 2.05) is 0 Å². The van der Waals surface area contributed by atoms with E-state index in [0.717, 1.165) is 6.54 Å². The quantitative estimate of drug-likeness (QED) is 0.692. The molecule has 1 atom stereocenters. The van der Waals surface area contributed by atoms with Crippen molar-refractivity contribution < 1.29 is 0 Å². The largest absolute Gasteiger partial charge is 0.329 e. The summed E-state index contributed by atoms with van der Waals surface area (Å²) in [7, 11) is 0. The summed E-state index contributed by atoms with van der Waals surface area (Å²) in [6.07, 6.45) is 2.55. The third-order valence-corrected chi connectivity index (χ3v) is 3.13. The highest BCUT2D eigenvalue weighted by Crippen LogP contribution is 2.26. The van der Waals surface area contributed by atoms with Crippen LogP contribution in [0, 0.1) is 5.41 Å². The molecule has 1 rings (SSSR count). The van der Waals surface area contributed by atoms with Gasteiger partial charge in [0.2, 0.25) is 0 Å². The molecule has 0 aromatic carbocycles. The molecule has 0 saturated carbocycles. The first-order chi connectivity index (χ1) is 5.59. The predicted molar refractivity (Wildman–Crippen MR) is 53.1 cm³/mol. The maximum atomic E-state index is 5.64. The van der Waals surface area contributed by atoms with Crippen LogP contribution in [0.25, 0.3) is 0 Å². The van der Waals surface area contributed by atoms with Gasteiger partial charge in [-0.1, -0.05) is 20.8 Å². The molecule has 0 bridgehead atoms. The Morgan fingerprint density at radius 3 is 2.50 bits per heavy atom. The first kappa shape index (κ1) is 10.0.